The Labute approximate surface area is 120 Å². The number of methoxy groups -OCH3 is 1. The molecule has 3 aromatic rings. The van der Waals surface area contributed by atoms with Crippen LogP contribution in [0.2, 0.25) is 0 Å². The van der Waals surface area contributed by atoms with Crippen molar-refractivity contribution in [1.82, 2.24) is 4.98 Å². The van der Waals surface area contributed by atoms with Gasteiger partial charge in [-0.05, 0) is 37.3 Å². The predicted molar refractivity (Wildman–Crippen MR) is 78.6 cm³/mol. The van der Waals surface area contributed by atoms with Crippen molar-refractivity contribution in [3.8, 4) is 0 Å². The molecule has 0 spiro atoms. The molecule has 0 N–H and O–H groups in total. The van der Waals surface area contributed by atoms with Gasteiger partial charge in [-0.25, -0.2) is 4.98 Å². The third-order valence-corrected chi connectivity index (χ3v) is 3.45. The van der Waals surface area contributed by atoms with Crippen LogP contribution in [0.15, 0.2) is 45.7 Å². The van der Waals surface area contributed by atoms with E-state index in [0.29, 0.717) is 27.6 Å². The van der Waals surface area contributed by atoms with Crippen LogP contribution >= 0.6 is 0 Å². The van der Waals surface area contributed by atoms with Gasteiger partial charge in [0.05, 0.1) is 10.8 Å². The van der Waals surface area contributed by atoms with Gasteiger partial charge in [0.1, 0.15) is 11.7 Å². The molecule has 1 aromatic carbocycles. The monoisotopic (exact) mass is 283 g/mol. The molecule has 0 fully saturated rings. The first-order valence-electron chi connectivity index (χ1n) is 6.50. The molecule has 5 nitrogen and oxygen atoms in total. The first-order valence-corrected chi connectivity index (χ1v) is 6.50. The fourth-order valence-corrected chi connectivity index (χ4v) is 2.19. The van der Waals surface area contributed by atoms with Crippen molar-refractivity contribution in [3.63, 3.8) is 0 Å². The van der Waals surface area contributed by atoms with E-state index in [-0.39, 0.29) is 11.2 Å². The minimum absolute atomic E-state index is 0.176. The van der Waals surface area contributed by atoms with E-state index >= 15 is 0 Å². The van der Waals surface area contributed by atoms with Crippen LogP contribution in [-0.4, -0.2) is 24.0 Å². The molecule has 2 heterocycles. The molecule has 1 unspecified atom stereocenters. The largest absolute Gasteiger partial charge is 0.437 e. The van der Waals surface area contributed by atoms with Crippen molar-refractivity contribution in [2.45, 2.75) is 13.0 Å². The van der Waals surface area contributed by atoms with Gasteiger partial charge < -0.3 is 9.15 Å². The summed E-state index contributed by atoms with van der Waals surface area (Å²) in [7, 11) is 1.47. The number of nitrogens with zero attached hydrogens (tertiary/aromatic N) is 1. The number of carbonyl (C=O) groups excluding carboxylic acids is 1. The average Bonchev–Trinajstić information content (AvgIpc) is 2.53. The van der Waals surface area contributed by atoms with Gasteiger partial charge >= 0.3 is 0 Å². The summed E-state index contributed by atoms with van der Waals surface area (Å²) in [4.78, 5) is 28.6. The molecule has 1 atom stereocenters. The van der Waals surface area contributed by atoms with Gasteiger partial charge in [-0.2, -0.15) is 0 Å². The Morgan fingerprint density at radius 1 is 1.29 bits per heavy atom. The molecule has 5 heteroatoms. The number of carbonyl (C=O) groups is 1. The van der Waals surface area contributed by atoms with Crippen LogP contribution in [0.4, 0.5) is 0 Å². The zero-order valence-corrected chi connectivity index (χ0v) is 11.6. The second kappa shape index (κ2) is 5.10. The van der Waals surface area contributed by atoms with Crippen LogP contribution in [0.25, 0.3) is 22.1 Å². The van der Waals surface area contributed by atoms with E-state index in [1.54, 1.807) is 43.5 Å². The molecule has 3 rings (SSSR count). The highest BCUT2D eigenvalue weighted by Crippen LogP contribution is 2.19. The van der Waals surface area contributed by atoms with Crippen molar-refractivity contribution in [2.24, 2.45) is 0 Å². The average molecular weight is 283 g/mol. The zero-order chi connectivity index (χ0) is 15.0. The number of rotatable bonds is 3. The molecule has 0 aliphatic carbocycles. The lowest BCUT2D eigenvalue weighted by Crippen LogP contribution is -2.19. The highest BCUT2D eigenvalue weighted by molar-refractivity contribution is 6.02. The molecule has 2 aromatic heterocycles. The summed E-state index contributed by atoms with van der Waals surface area (Å²) >= 11 is 0. The van der Waals surface area contributed by atoms with Crippen LogP contribution in [-0.2, 0) is 4.74 Å². The SMILES string of the molecule is COC(C)C(=O)c1ccc2oc3ncccc3c(=O)c2c1. The summed E-state index contributed by atoms with van der Waals surface area (Å²) < 4.78 is 10.6. The van der Waals surface area contributed by atoms with Gasteiger partial charge in [-0.3, -0.25) is 9.59 Å². The highest BCUT2D eigenvalue weighted by atomic mass is 16.5. The maximum atomic E-state index is 12.5. The van der Waals surface area contributed by atoms with Crippen molar-refractivity contribution in [3.05, 3.63) is 52.3 Å². The number of hydrogen-bond donors (Lipinski definition) is 0. The first kappa shape index (κ1) is 13.5. The Bertz CT molecular complexity index is 898. The van der Waals surface area contributed by atoms with E-state index in [4.69, 9.17) is 9.15 Å². The number of benzene rings is 1. The maximum Gasteiger partial charge on any atom is 0.230 e. The first-order chi connectivity index (χ1) is 10.1. The predicted octanol–water partition coefficient (Wildman–Crippen LogP) is 2.56. The molecule has 0 saturated carbocycles. The molecule has 0 aliphatic heterocycles. The third kappa shape index (κ3) is 2.21. The van der Waals surface area contributed by atoms with Crippen molar-refractivity contribution >= 4 is 27.9 Å². The van der Waals surface area contributed by atoms with Gasteiger partial charge in [0.15, 0.2) is 5.78 Å². The maximum absolute atomic E-state index is 12.5. The van der Waals surface area contributed by atoms with E-state index < -0.39 is 6.10 Å². The molecular weight excluding hydrogens is 270 g/mol. The van der Waals surface area contributed by atoms with Crippen LogP contribution in [0.5, 0.6) is 0 Å². The van der Waals surface area contributed by atoms with Crippen molar-refractivity contribution in [2.75, 3.05) is 7.11 Å². The molecule has 106 valence electrons. The number of pyridine rings is 1. The Morgan fingerprint density at radius 2 is 2.10 bits per heavy atom. The minimum atomic E-state index is -0.559. The lowest BCUT2D eigenvalue weighted by atomic mass is 10.0. The summed E-state index contributed by atoms with van der Waals surface area (Å²) in [5, 5.41) is 0.763. The zero-order valence-electron chi connectivity index (χ0n) is 11.6. The second-order valence-corrected chi connectivity index (χ2v) is 4.74. The molecule has 0 radical (unpaired) electrons. The molecular formula is C16H13NO4. The fourth-order valence-electron chi connectivity index (χ4n) is 2.19. The van der Waals surface area contributed by atoms with E-state index in [9.17, 15) is 9.59 Å². The van der Waals surface area contributed by atoms with Crippen LogP contribution in [0, 0.1) is 0 Å². The lowest BCUT2D eigenvalue weighted by molar-refractivity contribution is 0.0656. The molecule has 21 heavy (non-hydrogen) atoms. The van der Waals surface area contributed by atoms with E-state index in [0.717, 1.165) is 0 Å². The van der Waals surface area contributed by atoms with Crippen LogP contribution in [0.3, 0.4) is 0 Å². The van der Waals surface area contributed by atoms with Crippen LogP contribution < -0.4 is 5.43 Å². The Hall–Kier alpha value is -2.53. The summed E-state index contributed by atoms with van der Waals surface area (Å²) in [6.07, 6.45) is 1.01. The summed E-state index contributed by atoms with van der Waals surface area (Å²) in [5.41, 5.74) is 0.929. The number of ketones is 1. The Balaban J connectivity index is 2.26. The third-order valence-electron chi connectivity index (χ3n) is 3.45. The topological polar surface area (TPSA) is 69.4 Å². The number of fused-ring (bicyclic) bond motifs is 2. The van der Waals surface area contributed by atoms with E-state index in [2.05, 4.69) is 4.98 Å². The van der Waals surface area contributed by atoms with E-state index in [1.165, 1.54) is 7.11 Å². The molecule has 0 aliphatic rings. The number of hydrogen-bond acceptors (Lipinski definition) is 5. The van der Waals surface area contributed by atoms with E-state index in [1.807, 2.05) is 0 Å². The smallest absolute Gasteiger partial charge is 0.230 e. The minimum Gasteiger partial charge on any atom is -0.437 e. The number of aromatic nitrogens is 1. The Morgan fingerprint density at radius 3 is 2.86 bits per heavy atom. The van der Waals surface area contributed by atoms with Gasteiger partial charge in [0.25, 0.3) is 0 Å². The van der Waals surface area contributed by atoms with Gasteiger partial charge in [0, 0.05) is 18.9 Å². The summed E-state index contributed by atoms with van der Waals surface area (Å²) in [5.74, 6) is -0.176. The summed E-state index contributed by atoms with van der Waals surface area (Å²) in [6.45, 7) is 1.67. The molecule has 0 saturated heterocycles. The van der Waals surface area contributed by atoms with Gasteiger partial charge in [-0.1, -0.05) is 0 Å². The van der Waals surface area contributed by atoms with Crippen molar-refractivity contribution < 1.29 is 13.9 Å². The lowest BCUT2D eigenvalue weighted by Gasteiger charge is -2.08. The summed E-state index contributed by atoms with van der Waals surface area (Å²) in [6, 6.07) is 8.11. The molecule has 0 bridgehead atoms. The van der Waals surface area contributed by atoms with Gasteiger partial charge in [-0.15, -0.1) is 0 Å². The van der Waals surface area contributed by atoms with Crippen molar-refractivity contribution in [1.29, 1.82) is 0 Å². The van der Waals surface area contributed by atoms with Gasteiger partial charge in [0.2, 0.25) is 11.1 Å². The number of Topliss-reactive ketones (excluding diaryl/α,β-unsaturated/α-hetero) is 1. The second-order valence-electron chi connectivity index (χ2n) is 4.74. The number of ether oxygens (including phenoxy) is 1. The Kier molecular flexibility index (Phi) is 3.27. The standard InChI is InChI=1S/C16H13NO4/c1-9(20-2)14(18)10-5-6-13-12(8-10)15(19)11-4-3-7-17-16(11)21-13/h3-9H,1-2H3. The fraction of sp³-hybridized carbons (Fsp3) is 0.188. The van der Waals surface area contributed by atoms with Crippen LogP contribution in [0.1, 0.15) is 17.3 Å². The normalized spacial score (nSPS) is 12.7. The molecule has 0 amide bonds. The quantitative estimate of drug-likeness (QED) is 0.546. The highest BCUT2D eigenvalue weighted by Gasteiger charge is 2.16.